The van der Waals surface area contributed by atoms with E-state index in [9.17, 15) is 4.79 Å². The van der Waals surface area contributed by atoms with Crippen LogP contribution in [-0.4, -0.2) is 37.1 Å². The highest BCUT2D eigenvalue weighted by Gasteiger charge is 2.35. The summed E-state index contributed by atoms with van der Waals surface area (Å²) in [4.78, 5) is 19.9. The molecule has 1 unspecified atom stereocenters. The molecule has 1 aromatic heterocycles. The molecule has 3 rings (SSSR count). The minimum atomic E-state index is 0.0954. The standard InChI is InChI=1S/C15H24N4OS/c1-4-16-10-7-15(2,3)8-11-13(10)21-14(18-11)19-6-5-17-12(20)9-19/h10,16H,4-9H2,1-3H3,(H,17,20). The molecule has 2 N–H and O–H groups in total. The zero-order chi connectivity index (χ0) is 15.0. The number of rotatable bonds is 3. The molecule has 0 saturated carbocycles. The molecule has 1 amide bonds. The minimum Gasteiger partial charge on any atom is -0.353 e. The van der Waals surface area contributed by atoms with Crippen LogP contribution in [0.4, 0.5) is 5.13 Å². The van der Waals surface area contributed by atoms with Gasteiger partial charge in [0.15, 0.2) is 5.13 Å². The smallest absolute Gasteiger partial charge is 0.239 e. The molecular weight excluding hydrogens is 284 g/mol. The van der Waals surface area contributed by atoms with Crippen LogP contribution in [0.3, 0.4) is 0 Å². The van der Waals surface area contributed by atoms with Gasteiger partial charge in [-0.2, -0.15) is 0 Å². The number of carbonyl (C=O) groups excluding carboxylic acids is 1. The number of carbonyl (C=O) groups is 1. The molecule has 0 aromatic carbocycles. The summed E-state index contributed by atoms with van der Waals surface area (Å²) in [6.45, 7) is 9.75. The molecule has 1 fully saturated rings. The Hall–Kier alpha value is -1.14. The number of aromatic nitrogens is 1. The monoisotopic (exact) mass is 308 g/mol. The van der Waals surface area contributed by atoms with Crippen molar-refractivity contribution in [1.29, 1.82) is 0 Å². The maximum absolute atomic E-state index is 11.6. The van der Waals surface area contributed by atoms with Crippen molar-refractivity contribution in [2.24, 2.45) is 5.41 Å². The number of hydrogen-bond acceptors (Lipinski definition) is 5. The lowest BCUT2D eigenvalue weighted by Crippen LogP contribution is -2.47. The van der Waals surface area contributed by atoms with Crippen LogP contribution in [0, 0.1) is 5.41 Å². The third-order valence-corrected chi connectivity index (χ3v) is 5.47. The number of amides is 1. The highest BCUT2D eigenvalue weighted by molar-refractivity contribution is 7.15. The van der Waals surface area contributed by atoms with E-state index in [1.54, 1.807) is 11.3 Å². The second-order valence-corrected chi connectivity index (χ2v) is 7.74. The van der Waals surface area contributed by atoms with Crippen molar-refractivity contribution in [2.75, 3.05) is 31.1 Å². The Balaban J connectivity index is 1.88. The first-order chi connectivity index (χ1) is 9.98. The number of anilines is 1. The zero-order valence-corrected chi connectivity index (χ0v) is 13.8. The quantitative estimate of drug-likeness (QED) is 0.892. The fourth-order valence-electron chi connectivity index (χ4n) is 3.27. The van der Waals surface area contributed by atoms with Crippen LogP contribution < -0.4 is 15.5 Å². The number of hydrogen-bond donors (Lipinski definition) is 2. The molecule has 1 saturated heterocycles. The zero-order valence-electron chi connectivity index (χ0n) is 13.0. The fraction of sp³-hybridized carbons (Fsp3) is 0.733. The summed E-state index contributed by atoms with van der Waals surface area (Å²) in [7, 11) is 0. The molecule has 2 aliphatic rings. The molecular formula is C15H24N4OS. The van der Waals surface area contributed by atoms with E-state index in [1.807, 2.05) is 0 Å². The van der Waals surface area contributed by atoms with Crippen molar-refractivity contribution in [2.45, 2.75) is 39.7 Å². The molecule has 116 valence electrons. The Bertz CT molecular complexity index is 540. The van der Waals surface area contributed by atoms with Crippen molar-refractivity contribution < 1.29 is 4.79 Å². The molecule has 1 aliphatic heterocycles. The van der Waals surface area contributed by atoms with Gasteiger partial charge in [-0.05, 0) is 24.8 Å². The molecule has 1 atom stereocenters. The van der Waals surface area contributed by atoms with E-state index in [1.165, 1.54) is 10.6 Å². The van der Waals surface area contributed by atoms with Gasteiger partial charge in [0.05, 0.1) is 12.2 Å². The number of piperazine rings is 1. The second-order valence-electron chi connectivity index (χ2n) is 6.73. The van der Waals surface area contributed by atoms with Gasteiger partial charge in [0.2, 0.25) is 5.91 Å². The van der Waals surface area contributed by atoms with E-state index in [2.05, 4.69) is 36.3 Å². The normalized spacial score (nSPS) is 24.6. The molecule has 21 heavy (non-hydrogen) atoms. The summed E-state index contributed by atoms with van der Waals surface area (Å²) in [5.74, 6) is 0.0954. The molecule has 0 spiro atoms. The average molecular weight is 308 g/mol. The second kappa shape index (κ2) is 5.57. The van der Waals surface area contributed by atoms with Crippen LogP contribution in [0.2, 0.25) is 0 Å². The van der Waals surface area contributed by atoms with Crippen molar-refractivity contribution in [3.63, 3.8) is 0 Å². The van der Waals surface area contributed by atoms with Gasteiger partial charge >= 0.3 is 0 Å². The largest absolute Gasteiger partial charge is 0.353 e. The first kappa shape index (κ1) is 14.8. The summed E-state index contributed by atoms with van der Waals surface area (Å²) in [6.07, 6.45) is 2.18. The highest BCUT2D eigenvalue weighted by Crippen LogP contribution is 2.44. The molecule has 0 bridgehead atoms. The van der Waals surface area contributed by atoms with Crippen molar-refractivity contribution in [3.05, 3.63) is 10.6 Å². The summed E-state index contributed by atoms with van der Waals surface area (Å²) in [5, 5.41) is 7.47. The fourth-order valence-corrected chi connectivity index (χ4v) is 4.45. The van der Waals surface area contributed by atoms with Gasteiger partial charge in [0.25, 0.3) is 0 Å². The molecule has 5 nitrogen and oxygen atoms in total. The van der Waals surface area contributed by atoms with Crippen LogP contribution in [0.25, 0.3) is 0 Å². The Morgan fingerprint density at radius 3 is 3.05 bits per heavy atom. The van der Waals surface area contributed by atoms with Crippen molar-refractivity contribution in [1.82, 2.24) is 15.6 Å². The van der Waals surface area contributed by atoms with Crippen molar-refractivity contribution in [3.8, 4) is 0 Å². The lowest BCUT2D eigenvalue weighted by atomic mass is 9.76. The Morgan fingerprint density at radius 2 is 2.33 bits per heavy atom. The first-order valence-electron chi connectivity index (χ1n) is 7.73. The van der Waals surface area contributed by atoms with E-state index in [4.69, 9.17) is 4.98 Å². The van der Waals surface area contributed by atoms with E-state index in [-0.39, 0.29) is 11.3 Å². The molecule has 6 heteroatoms. The predicted molar refractivity (Wildman–Crippen MR) is 85.9 cm³/mol. The number of fused-ring (bicyclic) bond motifs is 1. The predicted octanol–water partition coefficient (Wildman–Crippen LogP) is 1.70. The van der Waals surface area contributed by atoms with Crippen LogP contribution >= 0.6 is 11.3 Å². The molecule has 2 heterocycles. The lowest BCUT2D eigenvalue weighted by molar-refractivity contribution is -0.120. The number of thiazole rings is 1. The molecule has 1 aliphatic carbocycles. The Kier molecular flexibility index (Phi) is 3.92. The van der Waals surface area contributed by atoms with E-state index in [0.29, 0.717) is 19.1 Å². The summed E-state index contributed by atoms with van der Waals surface area (Å²) in [6, 6.07) is 0.401. The number of nitrogens with zero attached hydrogens (tertiary/aromatic N) is 2. The van der Waals surface area contributed by atoms with Crippen LogP contribution in [-0.2, 0) is 11.2 Å². The van der Waals surface area contributed by atoms with Gasteiger partial charge in [-0.3, -0.25) is 4.79 Å². The van der Waals surface area contributed by atoms with Gasteiger partial charge in [-0.15, -0.1) is 0 Å². The summed E-state index contributed by atoms with van der Waals surface area (Å²) >= 11 is 1.76. The lowest BCUT2D eigenvalue weighted by Gasteiger charge is -2.34. The SMILES string of the molecule is CCNC1CC(C)(C)Cc2nc(N3CCNC(=O)C3)sc21. The highest BCUT2D eigenvalue weighted by atomic mass is 32.1. The van der Waals surface area contributed by atoms with E-state index in [0.717, 1.165) is 31.1 Å². The maximum Gasteiger partial charge on any atom is 0.239 e. The molecule has 0 radical (unpaired) electrons. The molecule has 1 aromatic rings. The van der Waals surface area contributed by atoms with E-state index < -0.39 is 0 Å². The third-order valence-electron chi connectivity index (χ3n) is 4.19. The summed E-state index contributed by atoms with van der Waals surface area (Å²) < 4.78 is 0. The van der Waals surface area contributed by atoms with Gasteiger partial charge in [0.1, 0.15) is 0 Å². The average Bonchev–Trinajstić information content (AvgIpc) is 2.81. The van der Waals surface area contributed by atoms with E-state index >= 15 is 0 Å². The van der Waals surface area contributed by atoms with Crippen LogP contribution in [0.1, 0.15) is 43.8 Å². The van der Waals surface area contributed by atoms with Gasteiger partial charge in [-0.25, -0.2) is 4.98 Å². The first-order valence-corrected chi connectivity index (χ1v) is 8.55. The Morgan fingerprint density at radius 1 is 1.52 bits per heavy atom. The number of nitrogens with one attached hydrogen (secondary N) is 2. The summed E-state index contributed by atoms with van der Waals surface area (Å²) in [5.41, 5.74) is 1.51. The van der Waals surface area contributed by atoms with Gasteiger partial charge < -0.3 is 15.5 Å². The van der Waals surface area contributed by atoms with Crippen molar-refractivity contribution >= 4 is 22.4 Å². The minimum absolute atomic E-state index is 0.0954. The van der Waals surface area contributed by atoms with Gasteiger partial charge in [-0.1, -0.05) is 32.1 Å². The Labute approximate surface area is 130 Å². The topological polar surface area (TPSA) is 57.3 Å². The maximum atomic E-state index is 11.6. The third kappa shape index (κ3) is 3.06. The van der Waals surface area contributed by atoms with Crippen LogP contribution in [0.15, 0.2) is 0 Å². The van der Waals surface area contributed by atoms with Crippen LogP contribution in [0.5, 0.6) is 0 Å². The van der Waals surface area contributed by atoms with Gasteiger partial charge in [0, 0.05) is 24.0 Å².